The molecule has 0 saturated carbocycles. The molecule has 6 nitrogen and oxygen atoms in total. The molecule has 0 aromatic carbocycles. The number of hydrogen-bond donors (Lipinski definition) is 1. The summed E-state index contributed by atoms with van der Waals surface area (Å²) >= 11 is 3.34. The Morgan fingerprint density at radius 1 is 1.55 bits per heavy atom. The molecule has 0 amide bonds. The SMILES string of the molecule is CN1CCCCC1CN1c2nc(Br)cnc2NC1C=O. The lowest BCUT2D eigenvalue weighted by Gasteiger charge is -2.36. The lowest BCUT2D eigenvalue weighted by molar-refractivity contribution is -0.108. The van der Waals surface area contributed by atoms with Gasteiger partial charge in [-0.15, -0.1) is 0 Å². The maximum absolute atomic E-state index is 11.3. The van der Waals surface area contributed by atoms with Gasteiger partial charge in [0, 0.05) is 12.6 Å². The Labute approximate surface area is 126 Å². The van der Waals surface area contributed by atoms with E-state index in [1.165, 1.54) is 12.8 Å². The second-order valence-corrected chi connectivity index (χ2v) is 6.19. The maximum Gasteiger partial charge on any atom is 0.174 e. The van der Waals surface area contributed by atoms with Crippen molar-refractivity contribution in [3.63, 3.8) is 0 Å². The van der Waals surface area contributed by atoms with Crippen molar-refractivity contribution in [2.24, 2.45) is 0 Å². The smallest absolute Gasteiger partial charge is 0.174 e. The molecule has 2 atom stereocenters. The molecule has 108 valence electrons. The number of nitrogens with zero attached hydrogens (tertiary/aromatic N) is 4. The van der Waals surface area contributed by atoms with E-state index in [-0.39, 0.29) is 6.17 Å². The van der Waals surface area contributed by atoms with Crippen LogP contribution in [0.1, 0.15) is 19.3 Å². The third-order valence-corrected chi connectivity index (χ3v) is 4.46. The van der Waals surface area contributed by atoms with Crippen LogP contribution >= 0.6 is 15.9 Å². The van der Waals surface area contributed by atoms with Crippen molar-refractivity contribution in [2.75, 3.05) is 30.4 Å². The Morgan fingerprint density at radius 3 is 3.15 bits per heavy atom. The Hall–Kier alpha value is -1.21. The summed E-state index contributed by atoms with van der Waals surface area (Å²) in [6.45, 7) is 1.92. The Morgan fingerprint density at radius 2 is 2.40 bits per heavy atom. The standard InChI is InChI=1S/C13H18BrN5O/c1-18-5-3-2-4-9(18)7-19-11(8-20)17-12-13(19)16-10(14)6-15-12/h6,8-9,11H,2-5,7H2,1H3,(H,15,17). The molecule has 2 aliphatic rings. The fraction of sp³-hybridized carbons (Fsp3) is 0.615. The highest BCUT2D eigenvalue weighted by atomic mass is 79.9. The fourth-order valence-electron chi connectivity index (χ4n) is 2.92. The van der Waals surface area contributed by atoms with Crippen molar-refractivity contribution in [2.45, 2.75) is 31.5 Å². The molecule has 1 aromatic rings. The van der Waals surface area contributed by atoms with E-state index in [0.717, 1.165) is 31.6 Å². The number of carbonyl (C=O) groups excluding carboxylic acids is 1. The minimum absolute atomic E-state index is 0.366. The van der Waals surface area contributed by atoms with Crippen molar-refractivity contribution in [1.82, 2.24) is 14.9 Å². The largest absolute Gasteiger partial charge is 0.341 e. The number of halogens is 1. The molecule has 3 rings (SSSR count). The molecule has 1 N–H and O–H groups in total. The van der Waals surface area contributed by atoms with Gasteiger partial charge < -0.3 is 15.1 Å². The highest BCUT2D eigenvalue weighted by Gasteiger charge is 2.34. The van der Waals surface area contributed by atoms with E-state index in [1.807, 2.05) is 4.90 Å². The number of aldehydes is 1. The summed E-state index contributed by atoms with van der Waals surface area (Å²) in [5.41, 5.74) is 0. The minimum Gasteiger partial charge on any atom is -0.341 e. The van der Waals surface area contributed by atoms with Gasteiger partial charge in [-0.05, 0) is 42.4 Å². The average Bonchev–Trinajstić information content (AvgIpc) is 2.79. The Kier molecular flexibility index (Phi) is 3.89. The first-order valence-electron chi connectivity index (χ1n) is 6.90. The number of nitrogens with one attached hydrogen (secondary N) is 1. The van der Waals surface area contributed by atoms with Crippen LogP contribution in [0.4, 0.5) is 11.6 Å². The van der Waals surface area contributed by atoms with E-state index in [2.05, 4.69) is 43.2 Å². The first kappa shape index (κ1) is 13.8. The second-order valence-electron chi connectivity index (χ2n) is 5.37. The van der Waals surface area contributed by atoms with Gasteiger partial charge in [0.2, 0.25) is 0 Å². The van der Waals surface area contributed by atoms with E-state index in [9.17, 15) is 4.79 Å². The average molecular weight is 340 g/mol. The molecule has 3 heterocycles. The number of fused-ring (bicyclic) bond motifs is 1. The molecule has 0 aliphatic carbocycles. The van der Waals surface area contributed by atoms with Crippen molar-refractivity contribution in [3.8, 4) is 0 Å². The topological polar surface area (TPSA) is 61.4 Å². The van der Waals surface area contributed by atoms with Gasteiger partial charge in [0.25, 0.3) is 0 Å². The van der Waals surface area contributed by atoms with Crippen LogP contribution < -0.4 is 10.2 Å². The second kappa shape index (κ2) is 5.65. The zero-order valence-electron chi connectivity index (χ0n) is 11.4. The number of likely N-dealkylation sites (N-methyl/N-ethyl adjacent to an activating group) is 1. The van der Waals surface area contributed by atoms with Crippen molar-refractivity contribution >= 4 is 33.9 Å². The molecule has 0 bridgehead atoms. The van der Waals surface area contributed by atoms with Gasteiger partial charge in [-0.3, -0.25) is 4.79 Å². The van der Waals surface area contributed by atoms with Crippen LogP contribution in [0, 0.1) is 0 Å². The van der Waals surface area contributed by atoms with Gasteiger partial charge in [0.05, 0.1) is 6.20 Å². The van der Waals surface area contributed by atoms with E-state index in [1.54, 1.807) is 6.20 Å². The van der Waals surface area contributed by atoms with Crippen LogP contribution in [-0.4, -0.2) is 53.5 Å². The number of anilines is 2. The lowest BCUT2D eigenvalue weighted by Crippen LogP contribution is -2.48. The van der Waals surface area contributed by atoms with Crippen LogP contribution in [-0.2, 0) is 4.79 Å². The van der Waals surface area contributed by atoms with E-state index in [4.69, 9.17) is 0 Å². The summed E-state index contributed by atoms with van der Waals surface area (Å²) in [5.74, 6) is 1.44. The number of hydrogen-bond acceptors (Lipinski definition) is 6. The molecular formula is C13H18BrN5O. The van der Waals surface area contributed by atoms with Gasteiger partial charge >= 0.3 is 0 Å². The van der Waals surface area contributed by atoms with Crippen LogP contribution in [0.5, 0.6) is 0 Å². The van der Waals surface area contributed by atoms with Crippen LogP contribution in [0.25, 0.3) is 0 Å². The molecule has 20 heavy (non-hydrogen) atoms. The maximum atomic E-state index is 11.3. The molecule has 0 spiro atoms. The van der Waals surface area contributed by atoms with Crippen molar-refractivity contribution in [1.29, 1.82) is 0 Å². The quantitative estimate of drug-likeness (QED) is 0.841. The molecule has 1 aromatic heterocycles. The fourth-order valence-corrected chi connectivity index (χ4v) is 3.19. The molecule has 1 saturated heterocycles. The summed E-state index contributed by atoms with van der Waals surface area (Å²) in [4.78, 5) is 24.4. The number of aromatic nitrogens is 2. The first-order chi connectivity index (χ1) is 9.69. The zero-order valence-corrected chi connectivity index (χ0v) is 13.0. The third-order valence-electron chi connectivity index (χ3n) is 4.07. The molecule has 2 unspecified atom stereocenters. The van der Waals surface area contributed by atoms with Gasteiger partial charge in [0.1, 0.15) is 4.60 Å². The predicted molar refractivity (Wildman–Crippen MR) is 80.8 cm³/mol. The van der Waals surface area contributed by atoms with E-state index in [0.29, 0.717) is 16.5 Å². The highest BCUT2D eigenvalue weighted by Crippen LogP contribution is 2.32. The summed E-state index contributed by atoms with van der Waals surface area (Å²) in [6, 6.07) is 0.458. The normalized spacial score (nSPS) is 26.2. The predicted octanol–water partition coefficient (Wildman–Crippen LogP) is 1.48. The summed E-state index contributed by atoms with van der Waals surface area (Å²) in [5, 5.41) is 3.11. The molecule has 0 radical (unpaired) electrons. The molecule has 1 fully saturated rings. The molecule has 2 aliphatic heterocycles. The van der Waals surface area contributed by atoms with Crippen LogP contribution in [0.3, 0.4) is 0 Å². The van der Waals surface area contributed by atoms with Crippen molar-refractivity contribution < 1.29 is 4.79 Å². The summed E-state index contributed by atoms with van der Waals surface area (Å²) in [6.07, 6.45) is 5.86. The zero-order chi connectivity index (χ0) is 14.1. The van der Waals surface area contributed by atoms with Gasteiger partial charge in [-0.1, -0.05) is 6.42 Å². The molecular weight excluding hydrogens is 322 g/mol. The number of likely N-dealkylation sites (tertiary alicyclic amines) is 1. The Bertz CT molecular complexity index is 512. The third kappa shape index (κ3) is 2.52. The minimum atomic E-state index is -0.366. The summed E-state index contributed by atoms with van der Waals surface area (Å²) < 4.78 is 0.687. The van der Waals surface area contributed by atoms with Gasteiger partial charge in [0.15, 0.2) is 24.1 Å². The van der Waals surface area contributed by atoms with Gasteiger partial charge in [-0.2, -0.15) is 0 Å². The summed E-state index contributed by atoms with van der Waals surface area (Å²) in [7, 11) is 2.15. The highest BCUT2D eigenvalue weighted by molar-refractivity contribution is 9.10. The van der Waals surface area contributed by atoms with Gasteiger partial charge in [-0.25, -0.2) is 9.97 Å². The van der Waals surface area contributed by atoms with Crippen LogP contribution in [0.15, 0.2) is 10.8 Å². The monoisotopic (exact) mass is 339 g/mol. The van der Waals surface area contributed by atoms with Crippen molar-refractivity contribution in [3.05, 3.63) is 10.8 Å². The van der Waals surface area contributed by atoms with E-state index >= 15 is 0 Å². The number of rotatable bonds is 3. The van der Waals surface area contributed by atoms with E-state index < -0.39 is 0 Å². The molecule has 7 heteroatoms. The Balaban J connectivity index is 1.83. The number of carbonyl (C=O) groups is 1. The number of piperidine rings is 1. The first-order valence-corrected chi connectivity index (χ1v) is 7.69. The lowest BCUT2D eigenvalue weighted by atomic mass is 10.0. The van der Waals surface area contributed by atoms with Crippen LogP contribution in [0.2, 0.25) is 0 Å².